The predicted octanol–water partition coefficient (Wildman–Crippen LogP) is 3.08. The van der Waals surface area contributed by atoms with E-state index in [1.807, 2.05) is 12.1 Å². The lowest BCUT2D eigenvalue weighted by molar-refractivity contribution is 0.271. The van der Waals surface area contributed by atoms with Gasteiger partial charge in [-0.3, -0.25) is 4.72 Å². The van der Waals surface area contributed by atoms with Crippen LogP contribution in [0.2, 0.25) is 0 Å². The normalized spacial score (nSPS) is 15.9. The highest BCUT2D eigenvalue weighted by Crippen LogP contribution is 2.29. The Morgan fingerprint density at radius 1 is 1.08 bits per heavy atom. The van der Waals surface area contributed by atoms with Gasteiger partial charge < -0.3 is 9.80 Å². The number of aryl methyl sites for hydroxylation is 1. The van der Waals surface area contributed by atoms with Gasteiger partial charge in [-0.05, 0) is 43.3 Å². The largest absolute Gasteiger partial charge is 0.367 e. The van der Waals surface area contributed by atoms with Crippen LogP contribution in [0.15, 0.2) is 47.4 Å². The van der Waals surface area contributed by atoms with Crippen molar-refractivity contribution in [1.29, 1.82) is 0 Å². The number of piperazine rings is 1. The van der Waals surface area contributed by atoms with Gasteiger partial charge in [0.25, 0.3) is 10.0 Å². The summed E-state index contributed by atoms with van der Waals surface area (Å²) in [4.78, 5) is 4.46. The van der Waals surface area contributed by atoms with Crippen molar-refractivity contribution in [3.63, 3.8) is 0 Å². The smallest absolute Gasteiger partial charge is 0.262 e. The molecular formula is C19H24FN3O2S. The maximum absolute atomic E-state index is 13.8. The van der Waals surface area contributed by atoms with E-state index in [2.05, 4.69) is 21.4 Å². The highest BCUT2D eigenvalue weighted by molar-refractivity contribution is 7.92. The highest BCUT2D eigenvalue weighted by atomic mass is 32.2. The topological polar surface area (TPSA) is 52.6 Å². The molecule has 0 radical (unpaired) electrons. The third-order valence-electron chi connectivity index (χ3n) is 4.76. The van der Waals surface area contributed by atoms with Crippen LogP contribution in [0.3, 0.4) is 0 Å². The van der Waals surface area contributed by atoms with Gasteiger partial charge in [-0.1, -0.05) is 25.1 Å². The van der Waals surface area contributed by atoms with Crippen LogP contribution in [0.5, 0.6) is 0 Å². The van der Waals surface area contributed by atoms with Crippen LogP contribution in [-0.4, -0.2) is 46.0 Å². The summed E-state index contributed by atoms with van der Waals surface area (Å²) in [6.45, 7) is 8.32. The lowest BCUT2D eigenvalue weighted by Crippen LogP contribution is -2.46. The number of sulfonamides is 1. The average Bonchev–Trinajstić information content (AvgIpc) is 2.64. The monoisotopic (exact) mass is 377 g/mol. The van der Waals surface area contributed by atoms with E-state index in [1.54, 1.807) is 19.1 Å². The predicted molar refractivity (Wildman–Crippen MR) is 103 cm³/mol. The van der Waals surface area contributed by atoms with E-state index < -0.39 is 15.8 Å². The number of nitrogens with one attached hydrogen (secondary N) is 1. The number of hydrogen-bond donors (Lipinski definition) is 1. The van der Waals surface area contributed by atoms with Crippen molar-refractivity contribution in [2.24, 2.45) is 0 Å². The van der Waals surface area contributed by atoms with Gasteiger partial charge >= 0.3 is 0 Å². The van der Waals surface area contributed by atoms with E-state index in [0.29, 0.717) is 11.3 Å². The second-order valence-corrected chi connectivity index (χ2v) is 8.14. The zero-order valence-corrected chi connectivity index (χ0v) is 15.9. The summed E-state index contributed by atoms with van der Waals surface area (Å²) in [6, 6.07) is 11.3. The van der Waals surface area contributed by atoms with Crippen LogP contribution >= 0.6 is 0 Å². The molecule has 1 saturated heterocycles. The summed E-state index contributed by atoms with van der Waals surface area (Å²) in [5.41, 5.74) is 1.77. The number of likely N-dealkylation sites (N-methyl/N-ethyl adjacent to an activating group) is 1. The molecule has 0 bridgehead atoms. The number of hydrogen-bond acceptors (Lipinski definition) is 4. The Labute approximate surface area is 154 Å². The fraction of sp³-hybridized carbons (Fsp3) is 0.368. The van der Waals surface area contributed by atoms with E-state index in [4.69, 9.17) is 0 Å². The number of anilines is 2. The molecule has 0 aliphatic carbocycles. The maximum Gasteiger partial charge on any atom is 0.262 e. The number of halogens is 1. The second kappa shape index (κ2) is 7.63. The molecule has 3 rings (SSSR count). The van der Waals surface area contributed by atoms with Crippen LogP contribution in [0.25, 0.3) is 0 Å². The molecule has 26 heavy (non-hydrogen) atoms. The minimum absolute atomic E-state index is 0.0776. The summed E-state index contributed by atoms with van der Waals surface area (Å²) < 4.78 is 41.8. The quantitative estimate of drug-likeness (QED) is 0.870. The molecule has 1 N–H and O–H groups in total. The van der Waals surface area contributed by atoms with Gasteiger partial charge in [0.1, 0.15) is 5.82 Å². The Hall–Kier alpha value is -2.12. The van der Waals surface area contributed by atoms with Gasteiger partial charge in [0.05, 0.1) is 16.3 Å². The minimum atomic E-state index is -3.86. The fourth-order valence-corrected chi connectivity index (χ4v) is 4.17. The van der Waals surface area contributed by atoms with Crippen molar-refractivity contribution in [3.05, 3.63) is 53.8 Å². The lowest BCUT2D eigenvalue weighted by atomic mass is 10.2. The first-order chi connectivity index (χ1) is 12.4. The Kier molecular flexibility index (Phi) is 5.48. The molecule has 0 amide bonds. The van der Waals surface area contributed by atoms with Crippen LogP contribution in [-0.2, 0) is 10.0 Å². The molecule has 2 aromatic rings. The Balaban J connectivity index is 1.85. The molecule has 0 unspecified atom stereocenters. The standard InChI is InChI=1S/C19H24FN3O2S/c1-3-22-10-12-23(13-11-22)19-7-5-4-6-18(19)21-26(24,25)16-9-8-15(2)17(20)14-16/h4-9,14,21H,3,10-13H2,1-2H3. The molecule has 7 heteroatoms. The van der Waals surface area contributed by atoms with Gasteiger partial charge in [-0.15, -0.1) is 0 Å². The van der Waals surface area contributed by atoms with Crippen LogP contribution in [0, 0.1) is 12.7 Å². The first-order valence-corrected chi connectivity index (χ1v) is 10.2. The highest BCUT2D eigenvalue weighted by Gasteiger charge is 2.21. The van der Waals surface area contributed by atoms with Crippen LogP contribution in [0.4, 0.5) is 15.8 Å². The van der Waals surface area contributed by atoms with E-state index in [9.17, 15) is 12.8 Å². The van der Waals surface area contributed by atoms with Crippen molar-refractivity contribution < 1.29 is 12.8 Å². The van der Waals surface area contributed by atoms with Crippen molar-refractivity contribution in [3.8, 4) is 0 Å². The summed E-state index contributed by atoms with van der Waals surface area (Å²) >= 11 is 0. The Bertz CT molecular complexity index is 878. The first-order valence-electron chi connectivity index (χ1n) is 8.76. The number of benzene rings is 2. The number of para-hydroxylation sites is 2. The number of rotatable bonds is 5. The molecule has 1 fully saturated rings. The average molecular weight is 377 g/mol. The van der Waals surface area contributed by atoms with Gasteiger partial charge in [-0.2, -0.15) is 0 Å². The van der Waals surface area contributed by atoms with E-state index in [0.717, 1.165) is 44.5 Å². The van der Waals surface area contributed by atoms with Crippen molar-refractivity contribution in [2.75, 3.05) is 42.3 Å². The van der Waals surface area contributed by atoms with Crippen molar-refractivity contribution in [2.45, 2.75) is 18.7 Å². The molecule has 1 aliphatic rings. The van der Waals surface area contributed by atoms with E-state index in [-0.39, 0.29) is 4.90 Å². The molecule has 1 aliphatic heterocycles. The molecule has 0 saturated carbocycles. The molecule has 0 atom stereocenters. The molecule has 0 spiro atoms. The molecule has 2 aromatic carbocycles. The molecule has 0 aromatic heterocycles. The number of nitrogens with zero attached hydrogens (tertiary/aromatic N) is 2. The zero-order valence-electron chi connectivity index (χ0n) is 15.1. The minimum Gasteiger partial charge on any atom is -0.367 e. The second-order valence-electron chi connectivity index (χ2n) is 6.45. The summed E-state index contributed by atoms with van der Waals surface area (Å²) in [5, 5.41) is 0. The van der Waals surface area contributed by atoms with Crippen molar-refractivity contribution in [1.82, 2.24) is 4.90 Å². The molecule has 5 nitrogen and oxygen atoms in total. The van der Waals surface area contributed by atoms with Gasteiger partial charge in [0.15, 0.2) is 0 Å². The van der Waals surface area contributed by atoms with Crippen LogP contribution < -0.4 is 9.62 Å². The van der Waals surface area contributed by atoms with Gasteiger partial charge in [0.2, 0.25) is 0 Å². The zero-order chi connectivity index (χ0) is 18.7. The molecular weight excluding hydrogens is 353 g/mol. The third kappa shape index (κ3) is 3.99. The lowest BCUT2D eigenvalue weighted by Gasteiger charge is -2.36. The van der Waals surface area contributed by atoms with E-state index in [1.165, 1.54) is 12.1 Å². The summed E-state index contributed by atoms with van der Waals surface area (Å²) in [6.07, 6.45) is 0. The first kappa shape index (κ1) is 18.7. The Morgan fingerprint density at radius 2 is 1.77 bits per heavy atom. The van der Waals surface area contributed by atoms with Crippen molar-refractivity contribution >= 4 is 21.4 Å². The van der Waals surface area contributed by atoms with Crippen LogP contribution in [0.1, 0.15) is 12.5 Å². The summed E-state index contributed by atoms with van der Waals surface area (Å²) in [5.74, 6) is -0.531. The Morgan fingerprint density at radius 3 is 2.42 bits per heavy atom. The molecule has 140 valence electrons. The van der Waals surface area contributed by atoms with Gasteiger partial charge in [-0.25, -0.2) is 12.8 Å². The van der Waals surface area contributed by atoms with E-state index >= 15 is 0 Å². The van der Waals surface area contributed by atoms with Gasteiger partial charge in [0, 0.05) is 26.2 Å². The maximum atomic E-state index is 13.8. The SMILES string of the molecule is CCN1CCN(c2ccccc2NS(=O)(=O)c2ccc(C)c(F)c2)CC1. The molecule has 1 heterocycles. The fourth-order valence-electron chi connectivity index (χ4n) is 3.09. The summed E-state index contributed by atoms with van der Waals surface area (Å²) in [7, 11) is -3.86. The third-order valence-corrected chi connectivity index (χ3v) is 6.13.